The summed E-state index contributed by atoms with van der Waals surface area (Å²) in [6.45, 7) is 8.14. The van der Waals surface area contributed by atoms with Crippen LogP contribution in [0.15, 0.2) is 120 Å². The van der Waals surface area contributed by atoms with Crippen molar-refractivity contribution in [3.63, 3.8) is 0 Å². The summed E-state index contributed by atoms with van der Waals surface area (Å²) >= 11 is 1.65. The van der Waals surface area contributed by atoms with Crippen molar-refractivity contribution in [3.05, 3.63) is 132 Å². The number of benzene rings is 6. The molecule has 0 aliphatic carbocycles. The minimum Gasteiger partial charge on any atom is -0.455 e. The van der Waals surface area contributed by atoms with E-state index in [2.05, 4.69) is 88.3 Å². The van der Waals surface area contributed by atoms with Crippen LogP contribution in [0.2, 0.25) is 0 Å². The van der Waals surface area contributed by atoms with E-state index < -0.39 is 0 Å². The molecule has 198 valence electrons. The van der Waals surface area contributed by atoms with E-state index in [1.54, 1.807) is 11.3 Å². The molecule has 0 aliphatic heterocycles. The molecule has 43 heavy (non-hydrogen) atoms. The number of para-hydroxylation sites is 3. The van der Waals surface area contributed by atoms with Crippen LogP contribution in [0.1, 0.15) is 5.56 Å². The molecule has 0 aliphatic rings. The van der Waals surface area contributed by atoms with Crippen LogP contribution < -0.4 is 0 Å². The Balaban J connectivity index is 1.35. The Bertz CT molecular complexity index is 2710. The summed E-state index contributed by atoms with van der Waals surface area (Å²) in [6, 6.07) is 41.4. The van der Waals surface area contributed by atoms with Gasteiger partial charge in [-0.05, 0) is 53.4 Å². The molecule has 0 amide bonds. The number of fused-ring (bicyclic) bond motifs is 9. The molecule has 9 aromatic rings. The predicted molar refractivity (Wildman–Crippen MR) is 177 cm³/mol. The molecule has 5 heteroatoms. The Hall–Kier alpha value is -5.88. The molecule has 0 atom stereocenters. The zero-order valence-corrected chi connectivity index (χ0v) is 23.4. The molecule has 3 heterocycles. The Morgan fingerprint density at radius 1 is 0.674 bits per heavy atom. The Kier molecular flexibility index (Phi) is 4.87. The number of thiophene rings is 1. The summed E-state index contributed by atoms with van der Waals surface area (Å²) < 4.78 is 10.7. The molecular formula is C38H19N3OS. The van der Waals surface area contributed by atoms with Crippen LogP contribution in [-0.2, 0) is 0 Å². The molecule has 0 saturated heterocycles. The highest BCUT2D eigenvalue weighted by molar-refractivity contribution is 7.26. The molecule has 0 spiro atoms. The first-order valence-electron chi connectivity index (χ1n) is 13.9. The number of nitrogens with zero attached hydrogens (tertiary/aromatic N) is 3. The highest BCUT2D eigenvalue weighted by Gasteiger charge is 2.20. The molecular weight excluding hydrogens is 547 g/mol. The average molecular weight is 566 g/mol. The van der Waals surface area contributed by atoms with Crippen LogP contribution in [0, 0.1) is 17.9 Å². The van der Waals surface area contributed by atoms with Gasteiger partial charge in [0.15, 0.2) is 0 Å². The summed E-state index contributed by atoms with van der Waals surface area (Å²) in [5, 5.41) is 16.2. The maximum absolute atomic E-state index is 9.69. The minimum atomic E-state index is 0.625. The first kappa shape index (κ1) is 23.8. The largest absolute Gasteiger partial charge is 0.455 e. The number of hydrogen-bond acceptors (Lipinski definition) is 3. The number of furan rings is 1. The van der Waals surface area contributed by atoms with Gasteiger partial charge in [-0.15, -0.1) is 11.3 Å². The SMILES string of the molecule is [C-]#[N+]c1cc(-c2cccc3c2oc2ccccc23)cc2c1sc1c(-n3c4ccccc4c4ccc(C#N)cc43)cccc12. The fourth-order valence-electron chi connectivity index (χ4n) is 6.56. The monoisotopic (exact) mass is 565 g/mol. The molecule has 4 nitrogen and oxygen atoms in total. The van der Waals surface area contributed by atoms with Gasteiger partial charge in [0, 0.05) is 37.2 Å². The van der Waals surface area contributed by atoms with Gasteiger partial charge in [0.25, 0.3) is 0 Å². The maximum atomic E-state index is 9.69. The summed E-state index contributed by atoms with van der Waals surface area (Å²) in [7, 11) is 0. The van der Waals surface area contributed by atoms with E-state index in [4.69, 9.17) is 11.0 Å². The van der Waals surface area contributed by atoms with Crippen LogP contribution in [0.3, 0.4) is 0 Å². The standard InChI is InChI=1S/C38H19N3OS/c1-40-31-20-23(24-10-6-11-28-27-9-3-5-15-35(27)42-36(24)28)19-30-29-12-7-14-33(38(29)43-37(30)31)41-32-13-4-2-8-25(32)26-17-16-22(21-39)18-34(26)41/h2-20H. The second-order valence-corrected chi connectivity index (χ2v) is 11.7. The predicted octanol–water partition coefficient (Wildman–Crippen LogP) is 11.1. The van der Waals surface area contributed by atoms with E-state index in [1.807, 2.05) is 42.5 Å². The smallest absolute Gasteiger partial charge is 0.205 e. The van der Waals surface area contributed by atoms with Crippen LogP contribution in [0.5, 0.6) is 0 Å². The second kappa shape index (κ2) is 8.81. The lowest BCUT2D eigenvalue weighted by molar-refractivity contribution is 0.670. The van der Waals surface area contributed by atoms with Crippen molar-refractivity contribution in [2.24, 2.45) is 0 Å². The van der Waals surface area contributed by atoms with E-state index in [0.717, 1.165) is 80.7 Å². The van der Waals surface area contributed by atoms with Gasteiger partial charge in [-0.1, -0.05) is 72.8 Å². The van der Waals surface area contributed by atoms with Crippen molar-refractivity contribution in [3.8, 4) is 22.9 Å². The lowest BCUT2D eigenvalue weighted by Gasteiger charge is -2.09. The van der Waals surface area contributed by atoms with Gasteiger partial charge in [0.05, 0.1) is 39.6 Å². The van der Waals surface area contributed by atoms with E-state index in [9.17, 15) is 5.26 Å². The van der Waals surface area contributed by atoms with Gasteiger partial charge < -0.3 is 8.98 Å². The maximum Gasteiger partial charge on any atom is 0.205 e. The van der Waals surface area contributed by atoms with Crippen molar-refractivity contribution in [1.29, 1.82) is 5.26 Å². The van der Waals surface area contributed by atoms with Gasteiger partial charge in [-0.3, -0.25) is 0 Å². The second-order valence-electron chi connectivity index (χ2n) is 10.7. The molecule has 6 aromatic carbocycles. The van der Waals surface area contributed by atoms with E-state index in [1.165, 1.54) is 0 Å². The molecule has 0 radical (unpaired) electrons. The third-order valence-corrected chi connectivity index (χ3v) is 9.70. The van der Waals surface area contributed by atoms with E-state index >= 15 is 0 Å². The summed E-state index contributed by atoms with van der Waals surface area (Å²) in [5.41, 5.74) is 7.99. The number of rotatable bonds is 2. The Labute approximate surface area is 249 Å². The highest BCUT2D eigenvalue weighted by Crippen LogP contribution is 2.47. The molecule has 3 aromatic heterocycles. The molecule has 0 N–H and O–H groups in total. The summed E-state index contributed by atoms with van der Waals surface area (Å²) in [6.07, 6.45) is 0. The van der Waals surface area contributed by atoms with Gasteiger partial charge in [-0.2, -0.15) is 5.26 Å². The van der Waals surface area contributed by atoms with Gasteiger partial charge >= 0.3 is 0 Å². The topological polar surface area (TPSA) is 46.2 Å². The first-order chi connectivity index (χ1) is 21.2. The van der Waals surface area contributed by atoms with Gasteiger partial charge in [0.2, 0.25) is 5.69 Å². The van der Waals surface area contributed by atoms with Gasteiger partial charge in [0.1, 0.15) is 11.2 Å². The first-order valence-corrected chi connectivity index (χ1v) is 14.8. The van der Waals surface area contributed by atoms with E-state index in [-0.39, 0.29) is 0 Å². The van der Waals surface area contributed by atoms with Crippen LogP contribution in [0.25, 0.3) is 85.6 Å². The molecule has 0 saturated carbocycles. The van der Waals surface area contributed by atoms with Crippen molar-refractivity contribution >= 4 is 80.9 Å². The summed E-state index contributed by atoms with van der Waals surface area (Å²) in [5.74, 6) is 0. The van der Waals surface area contributed by atoms with Crippen molar-refractivity contribution in [2.75, 3.05) is 0 Å². The zero-order chi connectivity index (χ0) is 28.7. The molecule has 0 bridgehead atoms. The van der Waals surface area contributed by atoms with Crippen LogP contribution >= 0.6 is 11.3 Å². The highest BCUT2D eigenvalue weighted by atomic mass is 32.1. The average Bonchev–Trinajstić information content (AvgIpc) is 3.73. The third-order valence-electron chi connectivity index (χ3n) is 8.44. The molecule has 0 unspecified atom stereocenters. The Morgan fingerprint density at radius 2 is 1.44 bits per heavy atom. The molecule has 9 rings (SSSR count). The zero-order valence-electron chi connectivity index (χ0n) is 22.6. The lowest BCUT2D eigenvalue weighted by Crippen LogP contribution is -1.94. The fraction of sp³-hybridized carbons (Fsp3) is 0. The number of nitriles is 1. The summed E-state index contributed by atoms with van der Waals surface area (Å²) in [4.78, 5) is 4.00. The lowest BCUT2D eigenvalue weighted by atomic mass is 9.99. The molecule has 0 fully saturated rings. The fourth-order valence-corrected chi connectivity index (χ4v) is 7.80. The quantitative estimate of drug-likeness (QED) is 0.196. The van der Waals surface area contributed by atoms with Gasteiger partial charge in [-0.25, -0.2) is 4.85 Å². The Morgan fingerprint density at radius 3 is 2.33 bits per heavy atom. The third kappa shape index (κ3) is 3.29. The minimum absolute atomic E-state index is 0.625. The van der Waals surface area contributed by atoms with Crippen molar-refractivity contribution in [2.45, 2.75) is 0 Å². The van der Waals surface area contributed by atoms with Crippen LogP contribution in [-0.4, -0.2) is 4.57 Å². The number of hydrogen-bond donors (Lipinski definition) is 0. The van der Waals surface area contributed by atoms with E-state index in [0.29, 0.717) is 11.3 Å². The van der Waals surface area contributed by atoms with Crippen LogP contribution in [0.4, 0.5) is 5.69 Å². The van der Waals surface area contributed by atoms with Crippen molar-refractivity contribution in [1.82, 2.24) is 4.57 Å². The van der Waals surface area contributed by atoms with Crippen molar-refractivity contribution < 1.29 is 4.42 Å². The normalized spacial score (nSPS) is 11.7. The number of aromatic nitrogens is 1.